The number of amides is 1. The highest BCUT2D eigenvalue weighted by Crippen LogP contribution is 2.44. The average Bonchev–Trinajstić information content (AvgIpc) is 3.13. The van der Waals surface area contributed by atoms with Gasteiger partial charge in [0.25, 0.3) is 11.7 Å². The molecule has 1 saturated heterocycles. The molecule has 4 rings (SSSR count). The first kappa shape index (κ1) is 25.2. The smallest absolute Gasteiger partial charge is 0.300 e. The van der Waals surface area contributed by atoms with Gasteiger partial charge in [-0.15, -0.1) is 0 Å². The number of halogens is 1. The Morgan fingerprint density at radius 2 is 1.56 bits per heavy atom. The van der Waals surface area contributed by atoms with Gasteiger partial charge in [0.1, 0.15) is 5.76 Å². The highest BCUT2D eigenvalue weighted by atomic mass is 35.5. The predicted octanol–water partition coefficient (Wildman–Crippen LogP) is 3.63. The number of carbonyl (C=O) groups excluding carboxylic acids is 2. The predicted molar refractivity (Wildman–Crippen MR) is 134 cm³/mol. The van der Waals surface area contributed by atoms with Crippen LogP contribution in [-0.4, -0.2) is 39.4 Å². The largest absolute Gasteiger partial charge is 0.507 e. The normalized spacial score (nSPS) is 17.3. The second-order valence-electron chi connectivity index (χ2n) is 7.83. The number of aliphatic hydroxyl groups excluding tert-OH is 1. The van der Waals surface area contributed by atoms with Crippen LogP contribution < -0.4 is 19.5 Å². The van der Waals surface area contributed by atoms with E-state index in [1.807, 2.05) is 0 Å². The molecule has 0 spiro atoms. The zero-order chi connectivity index (χ0) is 26.2. The van der Waals surface area contributed by atoms with Gasteiger partial charge in [-0.05, 0) is 66.2 Å². The molecule has 0 radical (unpaired) electrons. The van der Waals surface area contributed by atoms with Crippen molar-refractivity contribution in [2.45, 2.75) is 10.9 Å². The standard InChI is InChI=1S/C25H21ClN2O7S/c1-34-19-12-5-15(13-20(19)35-2)22-21(23(29)14-3-6-16(26)7-4-14)24(30)25(31)28(22)17-8-10-18(11-9-17)36(27,32)33/h3-13,22,29H,1-2H3,(H2,27,32,33)/t22-/m0/s1. The van der Waals surface area contributed by atoms with Crippen LogP contribution in [0.4, 0.5) is 5.69 Å². The Kier molecular flexibility index (Phi) is 6.77. The number of primary sulfonamides is 1. The Bertz CT molecular complexity index is 1480. The van der Waals surface area contributed by atoms with E-state index < -0.39 is 33.5 Å². The molecule has 1 atom stereocenters. The number of ether oxygens (including phenoxy) is 2. The molecule has 186 valence electrons. The maximum Gasteiger partial charge on any atom is 0.300 e. The van der Waals surface area contributed by atoms with Crippen molar-refractivity contribution in [1.29, 1.82) is 0 Å². The van der Waals surface area contributed by atoms with E-state index in [1.54, 1.807) is 30.3 Å². The van der Waals surface area contributed by atoms with E-state index in [0.717, 1.165) is 0 Å². The maximum atomic E-state index is 13.3. The molecule has 1 heterocycles. The third-order valence-electron chi connectivity index (χ3n) is 5.73. The topological polar surface area (TPSA) is 136 Å². The highest BCUT2D eigenvalue weighted by Gasteiger charge is 2.47. The van der Waals surface area contributed by atoms with Crippen LogP contribution in [0.1, 0.15) is 17.2 Å². The van der Waals surface area contributed by atoms with E-state index in [4.69, 9.17) is 26.2 Å². The van der Waals surface area contributed by atoms with Crippen LogP contribution in [0.25, 0.3) is 5.76 Å². The minimum absolute atomic E-state index is 0.160. The number of benzene rings is 3. The number of nitrogens with zero attached hydrogens (tertiary/aromatic N) is 1. The second kappa shape index (κ2) is 9.65. The fourth-order valence-electron chi connectivity index (χ4n) is 4.00. The summed E-state index contributed by atoms with van der Waals surface area (Å²) in [6, 6.07) is 15.1. The summed E-state index contributed by atoms with van der Waals surface area (Å²) in [6.45, 7) is 0. The van der Waals surface area contributed by atoms with Gasteiger partial charge in [-0.25, -0.2) is 13.6 Å². The van der Waals surface area contributed by atoms with Crippen molar-refractivity contribution in [2.75, 3.05) is 19.1 Å². The van der Waals surface area contributed by atoms with E-state index in [0.29, 0.717) is 22.1 Å². The van der Waals surface area contributed by atoms with Gasteiger partial charge >= 0.3 is 0 Å². The van der Waals surface area contributed by atoms with Crippen LogP contribution in [0.15, 0.2) is 77.2 Å². The number of rotatable bonds is 6. The monoisotopic (exact) mass is 528 g/mol. The average molecular weight is 529 g/mol. The molecule has 3 aromatic rings. The van der Waals surface area contributed by atoms with Gasteiger partial charge < -0.3 is 14.6 Å². The molecular formula is C25H21ClN2O7S. The summed E-state index contributed by atoms with van der Waals surface area (Å²) >= 11 is 5.96. The Labute approximate surface area is 212 Å². The number of Topliss-reactive ketones (excluding diaryl/α,β-unsaturated/α-hetero) is 1. The maximum absolute atomic E-state index is 13.3. The zero-order valence-electron chi connectivity index (χ0n) is 19.1. The fourth-order valence-corrected chi connectivity index (χ4v) is 4.64. The van der Waals surface area contributed by atoms with Crippen molar-refractivity contribution in [3.8, 4) is 11.5 Å². The molecule has 0 unspecified atom stereocenters. The van der Waals surface area contributed by atoms with Crippen LogP contribution in [-0.2, 0) is 19.6 Å². The Morgan fingerprint density at radius 1 is 0.944 bits per heavy atom. The molecule has 0 aliphatic carbocycles. The molecule has 11 heteroatoms. The molecule has 0 saturated carbocycles. The van der Waals surface area contributed by atoms with E-state index in [9.17, 15) is 23.1 Å². The first-order valence-corrected chi connectivity index (χ1v) is 12.4. The number of nitrogens with two attached hydrogens (primary N) is 1. The number of aliphatic hydroxyl groups is 1. The van der Waals surface area contributed by atoms with Gasteiger partial charge in [0, 0.05) is 16.3 Å². The Hall–Kier alpha value is -3.86. The van der Waals surface area contributed by atoms with Gasteiger partial charge in [0.2, 0.25) is 10.0 Å². The van der Waals surface area contributed by atoms with Crippen molar-refractivity contribution in [1.82, 2.24) is 0 Å². The summed E-state index contributed by atoms with van der Waals surface area (Å²) in [6.07, 6.45) is 0. The third kappa shape index (κ3) is 4.53. The minimum Gasteiger partial charge on any atom is -0.507 e. The molecule has 0 aromatic heterocycles. The zero-order valence-corrected chi connectivity index (χ0v) is 20.7. The Morgan fingerprint density at radius 3 is 2.11 bits per heavy atom. The number of hydrogen-bond acceptors (Lipinski definition) is 7. The lowest BCUT2D eigenvalue weighted by atomic mass is 9.94. The summed E-state index contributed by atoms with van der Waals surface area (Å²) in [4.78, 5) is 27.5. The number of hydrogen-bond donors (Lipinski definition) is 2. The number of carbonyl (C=O) groups is 2. The number of sulfonamides is 1. The molecule has 36 heavy (non-hydrogen) atoms. The van der Waals surface area contributed by atoms with Crippen LogP contribution >= 0.6 is 11.6 Å². The van der Waals surface area contributed by atoms with Crippen LogP contribution in [0.3, 0.4) is 0 Å². The molecule has 9 nitrogen and oxygen atoms in total. The minimum atomic E-state index is -3.97. The number of anilines is 1. The van der Waals surface area contributed by atoms with Gasteiger partial charge in [0.15, 0.2) is 11.5 Å². The molecule has 3 aromatic carbocycles. The lowest BCUT2D eigenvalue weighted by Crippen LogP contribution is -2.29. The summed E-state index contributed by atoms with van der Waals surface area (Å²) in [7, 11) is -1.06. The summed E-state index contributed by atoms with van der Waals surface area (Å²) in [5.41, 5.74) is 0.787. The van der Waals surface area contributed by atoms with E-state index in [1.165, 1.54) is 55.5 Å². The van der Waals surface area contributed by atoms with Crippen molar-refractivity contribution in [3.05, 3.63) is 88.5 Å². The van der Waals surface area contributed by atoms with E-state index in [-0.39, 0.29) is 21.7 Å². The Balaban J connectivity index is 1.95. The first-order chi connectivity index (χ1) is 17.1. The quantitative estimate of drug-likeness (QED) is 0.283. The number of ketones is 1. The van der Waals surface area contributed by atoms with Crippen molar-refractivity contribution in [2.24, 2.45) is 5.14 Å². The van der Waals surface area contributed by atoms with Gasteiger partial charge in [-0.2, -0.15) is 0 Å². The first-order valence-electron chi connectivity index (χ1n) is 10.5. The van der Waals surface area contributed by atoms with Crippen LogP contribution in [0, 0.1) is 0 Å². The highest BCUT2D eigenvalue weighted by molar-refractivity contribution is 7.89. The lowest BCUT2D eigenvalue weighted by molar-refractivity contribution is -0.132. The molecule has 0 bridgehead atoms. The SMILES string of the molecule is COc1ccc([C@H]2C(=C(O)c3ccc(Cl)cc3)C(=O)C(=O)N2c2ccc(S(N)(=O)=O)cc2)cc1OC. The molecule has 1 fully saturated rings. The van der Waals surface area contributed by atoms with Gasteiger partial charge in [-0.1, -0.05) is 17.7 Å². The summed E-state index contributed by atoms with van der Waals surface area (Å²) in [5.74, 6) is -1.45. The summed E-state index contributed by atoms with van der Waals surface area (Å²) < 4.78 is 34.1. The van der Waals surface area contributed by atoms with E-state index in [2.05, 4.69) is 0 Å². The third-order valence-corrected chi connectivity index (χ3v) is 6.91. The van der Waals surface area contributed by atoms with Crippen molar-refractivity contribution in [3.63, 3.8) is 0 Å². The summed E-state index contributed by atoms with van der Waals surface area (Å²) in [5, 5.41) is 16.8. The van der Waals surface area contributed by atoms with Gasteiger partial charge in [0.05, 0.1) is 30.7 Å². The van der Waals surface area contributed by atoms with Crippen LogP contribution in [0.5, 0.6) is 11.5 Å². The lowest BCUT2D eigenvalue weighted by Gasteiger charge is -2.26. The fraction of sp³-hybridized carbons (Fsp3) is 0.120. The molecule has 3 N–H and O–H groups in total. The molecule has 1 amide bonds. The number of methoxy groups -OCH3 is 2. The van der Waals surface area contributed by atoms with Crippen LogP contribution in [0.2, 0.25) is 5.02 Å². The second-order valence-corrected chi connectivity index (χ2v) is 9.83. The van der Waals surface area contributed by atoms with Crippen molar-refractivity contribution >= 4 is 44.8 Å². The van der Waals surface area contributed by atoms with E-state index >= 15 is 0 Å². The molecule has 1 aliphatic heterocycles. The molecule has 1 aliphatic rings. The van der Waals surface area contributed by atoms with Crippen molar-refractivity contribution < 1.29 is 32.6 Å². The molecular weight excluding hydrogens is 508 g/mol. The van der Waals surface area contributed by atoms with Gasteiger partial charge in [-0.3, -0.25) is 14.5 Å².